The van der Waals surface area contributed by atoms with Gasteiger partial charge in [-0.1, -0.05) is 18.2 Å². The summed E-state index contributed by atoms with van der Waals surface area (Å²) in [4.78, 5) is 39.4. The van der Waals surface area contributed by atoms with Crippen LogP contribution in [0.5, 0.6) is 0 Å². The molecule has 0 atom stereocenters. The van der Waals surface area contributed by atoms with E-state index in [1.807, 2.05) is 0 Å². The van der Waals surface area contributed by atoms with Crippen molar-refractivity contribution in [3.63, 3.8) is 0 Å². The number of amides is 1. The monoisotopic (exact) mass is 454 g/mol. The summed E-state index contributed by atoms with van der Waals surface area (Å²) in [6.45, 7) is 0.274. The quantitative estimate of drug-likeness (QED) is 0.337. The van der Waals surface area contributed by atoms with E-state index >= 15 is 0 Å². The van der Waals surface area contributed by atoms with Gasteiger partial charge in [-0.2, -0.15) is 5.10 Å². The lowest BCUT2D eigenvalue weighted by molar-refractivity contribution is -0.384. The van der Waals surface area contributed by atoms with Gasteiger partial charge in [0.15, 0.2) is 5.65 Å². The molecule has 0 saturated heterocycles. The van der Waals surface area contributed by atoms with Crippen LogP contribution >= 0.6 is 0 Å². The van der Waals surface area contributed by atoms with Gasteiger partial charge in [-0.25, -0.2) is 18.4 Å². The minimum Gasteiger partial charge on any atom is -0.350 e. The number of benzene rings is 2. The lowest BCUT2D eigenvalue weighted by Gasteiger charge is -2.08. The number of halogens is 2. The van der Waals surface area contributed by atoms with E-state index in [9.17, 15) is 28.5 Å². The molecule has 0 spiro atoms. The first kappa shape index (κ1) is 21.7. The molecule has 2 aromatic heterocycles. The molecule has 4 rings (SSSR count). The van der Waals surface area contributed by atoms with Crippen LogP contribution in [0.25, 0.3) is 11.0 Å². The number of nitro groups is 1. The van der Waals surface area contributed by atoms with Crippen molar-refractivity contribution in [3.8, 4) is 0 Å². The summed E-state index contributed by atoms with van der Waals surface area (Å²) in [5.74, 6) is -2.83. The summed E-state index contributed by atoms with van der Waals surface area (Å²) < 4.78 is 30.2. The fourth-order valence-electron chi connectivity index (χ4n) is 3.27. The van der Waals surface area contributed by atoms with Crippen LogP contribution in [0.2, 0.25) is 0 Å². The molecule has 0 aliphatic carbocycles. The van der Waals surface area contributed by atoms with E-state index in [2.05, 4.69) is 15.4 Å². The Balaban J connectivity index is 1.46. The van der Waals surface area contributed by atoms with Crippen LogP contribution in [0.15, 0.2) is 59.8 Å². The van der Waals surface area contributed by atoms with Crippen LogP contribution < -0.4 is 10.9 Å². The predicted octanol–water partition coefficient (Wildman–Crippen LogP) is 2.26. The van der Waals surface area contributed by atoms with Gasteiger partial charge in [-0.05, 0) is 17.7 Å². The van der Waals surface area contributed by atoms with Crippen LogP contribution in [0.1, 0.15) is 15.9 Å². The number of nitrogens with one attached hydrogen (secondary N) is 1. The zero-order chi connectivity index (χ0) is 23.5. The highest BCUT2D eigenvalue weighted by Crippen LogP contribution is 2.14. The van der Waals surface area contributed by atoms with E-state index < -0.39 is 28.0 Å². The van der Waals surface area contributed by atoms with E-state index in [0.29, 0.717) is 5.56 Å². The van der Waals surface area contributed by atoms with E-state index in [1.165, 1.54) is 33.9 Å². The first-order chi connectivity index (χ1) is 15.8. The third-order valence-corrected chi connectivity index (χ3v) is 4.92. The highest BCUT2D eigenvalue weighted by Gasteiger charge is 2.17. The Morgan fingerprint density at radius 3 is 2.48 bits per heavy atom. The molecule has 2 aromatic carbocycles. The van der Waals surface area contributed by atoms with Crippen molar-refractivity contribution in [1.82, 2.24) is 24.6 Å². The van der Waals surface area contributed by atoms with Gasteiger partial charge < -0.3 is 5.32 Å². The van der Waals surface area contributed by atoms with Gasteiger partial charge >= 0.3 is 0 Å². The van der Waals surface area contributed by atoms with Crippen molar-refractivity contribution >= 4 is 22.6 Å². The number of carbonyl (C=O) groups is 1. The Morgan fingerprint density at radius 2 is 1.82 bits per heavy atom. The van der Waals surface area contributed by atoms with Crippen LogP contribution in [0, 0.1) is 21.7 Å². The van der Waals surface area contributed by atoms with Gasteiger partial charge in [0.1, 0.15) is 28.9 Å². The number of carbonyl (C=O) groups excluding carboxylic acids is 1. The van der Waals surface area contributed by atoms with Crippen LogP contribution in [-0.2, 0) is 13.1 Å². The lowest BCUT2D eigenvalue weighted by atomic mass is 10.2. The third kappa shape index (κ3) is 4.44. The Kier molecular flexibility index (Phi) is 5.89. The Hall–Kier alpha value is -4.48. The van der Waals surface area contributed by atoms with Crippen molar-refractivity contribution in [2.75, 3.05) is 6.54 Å². The molecule has 0 aliphatic rings. The fraction of sp³-hybridized carbons (Fsp3) is 0.143. The second-order valence-electron chi connectivity index (χ2n) is 7.06. The Labute approximate surface area is 184 Å². The van der Waals surface area contributed by atoms with E-state index in [0.717, 1.165) is 18.2 Å². The second kappa shape index (κ2) is 8.94. The average Bonchev–Trinajstić information content (AvgIpc) is 3.20. The SMILES string of the molecule is O=C(NCCn1ncc2c(=O)n(Cc3ccc([N+](=O)[O-])cc3)cnc21)c1c(F)cccc1F. The van der Waals surface area contributed by atoms with Gasteiger partial charge in [0, 0.05) is 18.7 Å². The van der Waals surface area contributed by atoms with Crippen molar-refractivity contribution in [2.45, 2.75) is 13.1 Å². The molecule has 0 bridgehead atoms. The van der Waals surface area contributed by atoms with Crippen LogP contribution in [0.4, 0.5) is 14.5 Å². The van der Waals surface area contributed by atoms with Crippen molar-refractivity contribution in [2.24, 2.45) is 0 Å². The molecule has 1 amide bonds. The number of nitrogens with zero attached hydrogens (tertiary/aromatic N) is 5. The first-order valence-corrected chi connectivity index (χ1v) is 9.71. The number of hydrogen-bond acceptors (Lipinski definition) is 6. The summed E-state index contributed by atoms with van der Waals surface area (Å²) in [5.41, 5.74) is -0.117. The molecule has 0 aliphatic heterocycles. The number of non-ortho nitro benzene ring substituents is 1. The van der Waals surface area contributed by atoms with Gasteiger partial charge in [-0.15, -0.1) is 0 Å². The largest absolute Gasteiger partial charge is 0.350 e. The molecule has 1 N–H and O–H groups in total. The predicted molar refractivity (Wildman–Crippen MR) is 113 cm³/mol. The summed E-state index contributed by atoms with van der Waals surface area (Å²) in [6.07, 6.45) is 2.67. The molecule has 168 valence electrons. The van der Waals surface area contributed by atoms with Crippen molar-refractivity contribution < 1.29 is 18.5 Å². The zero-order valence-electron chi connectivity index (χ0n) is 16.9. The average molecular weight is 454 g/mol. The standard InChI is InChI=1S/C21H16F2N6O4/c22-16-2-1-3-17(23)18(16)20(30)24-8-9-28-19-15(10-26-28)21(31)27(12-25-19)11-13-4-6-14(7-5-13)29(32)33/h1-7,10,12H,8-9,11H2,(H,24,30). The minimum atomic E-state index is -0.965. The molecule has 4 aromatic rings. The maximum absolute atomic E-state index is 13.7. The second-order valence-corrected chi connectivity index (χ2v) is 7.06. The summed E-state index contributed by atoms with van der Waals surface area (Å²) >= 11 is 0. The third-order valence-electron chi connectivity index (χ3n) is 4.92. The minimum absolute atomic E-state index is 0.00303. The van der Waals surface area contributed by atoms with Crippen molar-refractivity contribution in [3.05, 3.63) is 98.2 Å². The topological polar surface area (TPSA) is 125 Å². The van der Waals surface area contributed by atoms with Crippen LogP contribution in [-0.4, -0.2) is 36.7 Å². The van der Waals surface area contributed by atoms with E-state index in [4.69, 9.17) is 0 Å². The first-order valence-electron chi connectivity index (χ1n) is 9.71. The smallest absolute Gasteiger partial charge is 0.269 e. The van der Waals surface area contributed by atoms with E-state index in [-0.39, 0.29) is 41.9 Å². The molecule has 33 heavy (non-hydrogen) atoms. The number of hydrogen-bond donors (Lipinski definition) is 1. The molecule has 0 unspecified atom stereocenters. The highest BCUT2D eigenvalue weighted by atomic mass is 19.1. The summed E-state index contributed by atoms with van der Waals surface area (Å²) in [7, 11) is 0. The Morgan fingerprint density at radius 1 is 1.12 bits per heavy atom. The molecule has 0 saturated carbocycles. The van der Waals surface area contributed by atoms with Crippen molar-refractivity contribution in [1.29, 1.82) is 0 Å². The molecule has 2 heterocycles. The molecule has 0 radical (unpaired) electrons. The zero-order valence-corrected chi connectivity index (χ0v) is 16.9. The molecular formula is C21H16F2N6O4. The number of nitro benzene ring substituents is 1. The number of rotatable bonds is 7. The van der Waals surface area contributed by atoms with Gasteiger partial charge in [0.2, 0.25) is 0 Å². The maximum Gasteiger partial charge on any atom is 0.269 e. The van der Waals surface area contributed by atoms with E-state index in [1.54, 1.807) is 12.1 Å². The maximum atomic E-state index is 13.7. The van der Waals surface area contributed by atoms with Gasteiger partial charge in [0.25, 0.3) is 17.2 Å². The lowest BCUT2D eigenvalue weighted by Crippen LogP contribution is -2.29. The fourth-order valence-corrected chi connectivity index (χ4v) is 3.27. The molecule has 12 heteroatoms. The Bertz CT molecular complexity index is 1390. The number of aromatic nitrogens is 4. The summed E-state index contributed by atoms with van der Waals surface area (Å²) in [6, 6.07) is 8.96. The normalized spacial score (nSPS) is 11.0. The summed E-state index contributed by atoms with van der Waals surface area (Å²) in [5, 5.41) is 17.5. The van der Waals surface area contributed by atoms with Gasteiger partial charge in [-0.3, -0.25) is 24.3 Å². The highest BCUT2D eigenvalue weighted by molar-refractivity contribution is 5.94. The number of fused-ring (bicyclic) bond motifs is 1. The molecular weight excluding hydrogens is 438 g/mol. The van der Waals surface area contributed by atoms with Crippen LogP contribution in [0.3, 0.4) is 0 Å². The molecule has 0 fully saturated rings. The molecule has 10 nitrogen and oxygen atoms in total. The van der Waals surface area contributed by atoms with Gasteiger partial charge in [0.05, 0.1) is 24.2 Å².